The lowest BCUT2D eigenvalue weighted by atomic mass is 9.96. The lowest BCUT2D eigenvalue weighted by Gasteiger charge is -2.31. The van der Waals surface area contributed by atoms with E-state index < -0.39 is 0 Å². The van der Waals surface area contributed by atoms with E-state index in [-0.39, 0.29) is 11.7 Å². The van der Waals surface area contributed by atoms with Gasteiger partial charge >= 0.3 is 0 Å². The van der Waals surface area contributed by atoms with Crippen molar-refractivity contribution in [3.63, 3.8) is 0 Å². The molecule has 0 saturated carbocycles. The molecule has 1 saturated heterocycles. The molecule has 1 aliphatic heterocycles. The van der Waals surface area contributed by atoms with Crippen LogP contribution in [0.25, 0.3) is 0 Å². The molecule has 1 aromatic carbocycles. The maximum Gasteiger partial charge on any atom is 0.273 e. The summed E-state index contributed by atoms with van der Waals surface area (Å²) in [4.78, 5) is 19.0. The van der Waals surface area contributed by atoms with Crippen LogP contribution in [0.2, 0.25) is 0 Å². The normalized spacial score (nSPS) is 15.5. The van der Waals surface area contributed by atoms with Crippen LogP contribution >= 0.6 is 11.3 Å². The van der Waals surface area contributed by atoms with Crippen molar-refractivity contribution in [1.29, 1.82) is 0 Å². The Balaban J connectivity index is 1.57. The number of aromatic nitrogens is 1. The van der Waals surface area contributed by atoms with Gasteiger partial charge in [0.25, 0.3) is 5.91 Å². The Labute approximate surface area is 152 Å². The Kier molecular flexibility index (Phi) is 6.15. The third-order valence-electron chi connectivity index (χ3n) is 4.66. The van der Waals surface area contributed by atoms with E-state index in [4.69, 9.17) is 0 Å². The van der Waals surface area contributed by atoms with Gasteiger partial charge in [-0.15, -0.1) is 11.3 Å². The van der Waals surface area contributed by atoms with Crippen LogP contribution in [0.1, 0.15) is 40.8 Å². The summed E-state index contributed by atoms with van der Waals surface area (Å²) in [6, 6.07) is 6.70. The van der Waals surface area contributed by atoms with E-state index in [0.29, 0.717) is 23.6 Å². The van der Waals surface area contributed by atoms with E-state index in [1.807, 2.05) is 11.0 Å². The highest BCUT2D eigenvalue weighted by Crippen LogP contribution is 2.21. The number of hydrogen-bond acceptors (Lipinski definition) is 4. The molecule has 3 rings (SSSR count). The fourth-order valence-electron chi connectivity index (χ4n) is 3.15. The van der Waals surface area contributed by atoms with E-state index in [1.54, 1.807) is 17.5 Å². The summed E-state index contributed by atoms with van der Waals surface area (Å²) in [5.41, 5.74) is 1.10. The highest BCUT2D eigenvalue weighted by Gasteiger charge is 2.24. The van der Waals surface area contributed by atoms with Crippen molar-refractivity contribution in [2.45, 2.75) is 26.2 Å². The van der Waals surface area contributed by atoms with Crippen molar-refractivity contribution in [3.8, 4) is 0 Å². The highest BCUT2D eigenvalue weighted by atomic mass is 32.1. The number of carbonyl (C=O) groups excluding carboxylic acids is 1. The highest BCUT2D eigenvalue weighted by molar-refractivity contribution is 7.09. The number of thiazole rings is 1. The summed E-state index contributed by atoms with van der Waals surface area (Å²) in [6.07, 6.45) is 2.49. The molecule has 1 N–H and O–H groups in total. The van der Waals surface area contributed by atoms with Crippen molar-refractivity contribution in [1.82, 2.24) is 15.2 Å². The average molecular weight is 361 g/mol. The Hall–Kier alpha value is -1.79. The number of halogens is 1. The van der Waals surface area contributed by atoms with Crippen LogP contribution in [0.5, 0.6) is 0 Å². The first kappa shape index (κ1) is 18.0. The summed E-state index contributed by atoms with van der Waals surface area (Å²) >= 11 is 1.42. The third-order valence-corrected chi connectivity index (χ3v) is 5.50. The topological polar surface area (TPSA) is 45.2 Å². The second-order valence-corrected chi connectivity index (χ2v) is 7.38. The predicted octanol–water partition coefficient (Wildman–Crippen LogP) is 3.33. The standard InChI is InChI=1S/C19H24FN3OS/c1-2-21-12-14-7-9-23(10-8-14)19(24)17-13-25-18(22-17)11-15-5-3-4-6-16(15)20/h3-6,13-14,21H,2,7-12H2,1H3. The van der Waals surface area contributed by atoms with E-state index in [9.17, 15) is 9.18 Å². The number of rotatable bonds is 6. The molecule has 0 spiro atoms. The zero-order valence-electron chi connectivity index (χ0n) is 14.5. The van der Waals surface area contributed by atoms with Crippen LogP contribution in [0, 0.1) is 11.7 Å². The summed E-state index contributed by atoms with van der Waals surface area (Å²) < 4.78 is 13.8. The van der Waals surface area contributed by atoms with E-state index in [1.165, 1.54) is 17.4 Å². The quantitative estimate of drug-likeness (QED) is 0.858. The van der Waals surface area contributed by atoms with Crippen LogP contribution in [-0.4, -0.2) is 42.0 Å². The van der Waals surface area contributed by atoms with Crippen molar-refractivity contribution in [2.24, 2.45) is 5.92 Å². The molecule has 2 heterocycles. The average Bonchev–Trinajstić information content (AvgIpc) is 3.10. The molecule has 2 aromatic rings. The summed E-state index contributed by atoms with van der Waals surface area (Å²) in [7, 11) is 0. The maximum atomic E-state index is 13.8. The molecule has 1 amide bonds. The number of hydrogen-bond donors (Lipinski definition) is 1. The number of nitrogens with one attached hydrogen (secondary N) is 1. The van der Waals surface area contributed by atoms with Gasteiger partial charge in [0, 0.05) is 24.9 Å². The minimum Gasteiger partial charge on any atom is -0.337 e. The van der Waals surface area contributed by atoms with Crippen LogP contribution < -0.4 is 5.32 Å². The summed E-state index contributed by atoms with van der Waals surface area (Å²) in [5, 5.41) is 5.95. The number of carbonyl (C=O) groups is 1. The van der Waals surface area contributed by atoms with Crippen LogP contribution in [0.15, 0.2) is 29.6 Å². The molecule has 1 fully saturated rings. The largest absolute Gasteiger partial charge is 0.337 e. The Bertz CT molecular complexity index is 710. The van der Waals surface area contributed by atoms with E-state index >= 15 is 0 Å². The van der Waals surface area contributed by atoms with Gasteiger partial charge in [-0.2, -0.15) is 0 Å². The second kappa shape index (κ2) is 8.54. The lowest BCUT2D eigenvalue weighted by Crippen LogP contribution is -2.40. The zero-order chi connectivity index (χ0) is 17.6. The van der Waals surface area contributed by atoms with Gasteiger partial charge in [-0.25, -0.2) is 9.37 Å². The molecule has 0 aliphatic carbocycles. The fraction of sp³-hybridized carbons (Fsp3) is 0.474. The van der Waals surface area contributed by atoms with Crippen LogP contribution in [0.4, 0.5) is 4.39 Å². The number of nitrogens with zero attached hydrogens (tertiary/aromatic N) is 2. The molecule has 0 bridgehead atoms. The second-order valence-electron chi connectivity index (χ2n) is 6.44. The van der Waals surface area contributed by atoms with Gasteiger partial charge < -0.3 is 10.2 Å². The lowest BCUT2D eigenvalue weighted by molar-refractivity contribution is 0.0685. The predicted molar refractivity (Wildman–Crippen MR) is 98.5 cm³/mol. The van der Waals surface area contributed by atoms with Gasteiger partial charge in [0.2, 0.25) is 0 Å². The minimum atomic E-state index is -0.228. The van der Waals surface area contributed by atoms with Crippen molar-refractivity contribution in [2.75, 3.05) is 26.2 Å². The molecule has 0 atom stereocenters. The van der Waals surface area contributed by atoms with Gasteiger partial charge in [-0.1, -0.05) is 25.1 Å². The van der Waals surface area contributed by atoms with Gasteiger partial charge in [0.05, 0.1) is 5.01 Å². The minimum absolute atomic E-state index is 0.00191. The smallest absolute Gasteiger partial charge is 0.273 e. The molecular formula is C19H24FN3OS. The summed E-state index contributed by atoms with van der Waals surface area (Å²) in [6.45, 7) is 5.70. The van der Waals surface area contributed by atoms with Crippen molar-refractivity contribution in [3.05, 3.63) is 51.7 Å². The molecule has 1 aliphatic rings. The van der Waals surface area contributed by atoms with Crippen molar-refractivity contribution >= 4 is 17.2 Å². The molecule has 0 unspecified atom stereocenters. The molecule has 25 heavy (non-hydrogen) atoms. The molecule has 0 radical (unpaired) electrons. The molecule has 1 aromatic heterocycles. The van der Waals surface area contributed by atoms with Crippen molar-refractivity contribution < 1.29 is 9.18 Å². The Morgan fingerprint density at radius 2 is 2.12 bits per heavy atom. The van der Waals surface area contributed by atoms with Gasteiger partial charge in [0.15, 0.2) is 0 Å². The third kappa shape index (κ3) is 4.64. The van der Waals surface area contributed by atoms with Crippen LogP contribution in [0.3, 0.4) is 0 Å². The zero-order valence-corrected chi connectivity index (χ0v) is 15.3. The first-order chi connectivity index (χ1) is 12.2. The van der Waals surface area contributed by atoms with Gasteiger partial charge in [0.1, 0.15) is 11.5 Å². The van der Waals surface area contributed by atoms with Gasteiger partial charge in [-0.3, -0.25) is 4.79 Å². The van der Waals surface area contributed by atoms with Crippen LogP contribution in [-0.2, 0) is 6.42 Å². The fourth-order valence-corrected chi connectivity index (χ4v) is 3.94. The number of piperidine rings is 1. The van der Waals surface area contributed by atoms with E-state index in [0.717, 1.165) is 44.0 Å². The Morgan fingerprint density at radius 3 is 2.84 bits per heavy atom. The first-order valence-corrected chi connectivity index (χ1v) is 9.73. The van der Waals surface area contributed by atoms with E-state index in [2.05, 4.69) is 17.2 Å². The monoisotopic (exact) mass is 361 g/mol. The Morgan fingerprint density at radius 1 is 1.36 bits per heavy atom. The molecule has 6 heteroatoms. The molecular weight excluding hydrogens is 337 g/mol. The maximum absolute atomic E-state index is 13.8. The first-order valence-electron chi connectivity index (χ1n) is 8.85. The summed E-state index contributed by atoms with van der Waals surface area (Å²) in [5.74, 6) is 0.419. The SMILES string of the molecule is CCNCC1CCN(C(=O)c2csc(Cc3ccccc3F)n2)CC1. The van der Waals surface area contributed by atoms with Gasteiger partial charge in [-0.05, 0) is 43.5 Å². The molecule has 134 valence electrons. The number of amides is 1. The molecule has 4 nitrogen and oxygen atoms in total. The number of benzene rings is 1. The number of likely N-dealkylation sites (tertiary alicyclic amines) is 1.